The van der Waals surface area contributed by atoms with Crippen LogP contribution in [0, 0.1) is 0 Å². The Morgan fingerprint density at radius 3 is 2.32 bits per heavy atom. The Morgan fingerprint density at radius 1 is 1.18 bits per heavy atom. The molecule has 0 spiro atoms. The number of carbonyl (C=O) groups excluding carboxylic acids is 1. The normalized spacial score (nSPS) is 11.5. The molecule has 0 aliphatic rings. The van der Waals surface area contributed by atoms with Crippen molar-refractivity contribution in [1.29, 1.82) is 0 Å². The fourth-order valence-corrected chi connectivity index (χ4v) is 1.58. The lowest BCUT2D eigenvalue weighted by atomic mass is 10.1. The van der Waals surface area contributed by atoms with Gasteiger partial charge in [0, 0.05) is 25.7 Å². The van der Waals surface area contributed by atoms with Gasteiger partial charge in [-0.3, -0.25) is 4.79 Å². The molecular weight excluding hydrogens is 294 g/mol. The highest BCUT2D eigenvalue weighted by Crippen LogP contribution is 2.12. The summed E-state index contributed by atoms with van der Waals surface area (Å²) in [5, 5.41) is 19.9. The Morgan fingerprint density at radius 2 is 1.82 bits per heavy atom. The summed E-state index contributed by atoms with van der Waals surface area (Å²) in [6.45, 7) is -0.275. The summed E-state index contributed by atoms with van der Waals surface area (Å²) in [7, 11) is 1.44. The first-order valence-electron chi connectivity index (χ1n) is 6.41. The van der Waals surface area contributed by atoms with Crippen LogP contribution in [0.2, 0.25) is 0 Å². The number of rotatable bonds is 9. The fraction of sp³-hybridized carbons (Fsp3) is 0.357. The second kappa shape index (κ2) is 8.63. The highest BCUT2D eigenvalue weighted by molar-refractivity contribution is 5.96. The Labute approximate surface area is 126 Å². The lowest BCUT2D eigenvalue weighted by molar-refractivity contribution is -0.140. The molecule has 0 aliphatic carbocycles. The number of amides is 1. The fourth-order valence-electron chi connectivity index (χ4n) is 1.58. The second-order valence-corrected chi connectivity index (χ2v) is 4.35. The van der Waals surface area contributed by atoms with Crippen molar-refractivity contribution in [3.63, 3.8) is 0 Å². The minimum atomic E-state index is -1.15. The third-order valence-corrected chi connectivity index (χ3v) is 2.69. The van der Waals surface area contributed by atoms with Crippen molar-refractivity contribution in [3.8, 4) is 5.75 Å². The average Bonchev–Trinajstić information content (AvgIpc) is 2.49. The van der Waals surface area contributed by atoms with Crippen molar-refractivity contribution in [2.75, 3.05) is 20.3 Å². The molecule has 3 N–H and O–H groups in total. The van der Waals surface area contributed by atoms with Gasteiger partial charge in [0.25, 0.3) is 5.91 Å². The van der Waals surface area contributed by atoms with Crippen molar-refractivity contribution in [3.05, 3.63) is 29.8 Å². The third-order valence-electron chi connectivity index (χ3n) is 2.69. The molecule has 1 aromatic rings. The first-order valence-corrected chi connectivity index (χ1v) is 6.41. The van der Waals surface area contributed by atoms with E-state index < -0.39 is 30.5 Å². The predicted octanol–water partition coefficient (Wildman–Crippen LogP) is 0.369. The minimum Gasteiger partial charge on any atom is -0.482 e. The molecule has 1 atom stereocenters. The predicted molar refractivity (Wildman–Crippen MR) is 75.0 cm³/mol. The van der Waals surface area contributed by atoms with Crippen molar-refractivity contribution in [2.45, 2.75) is 12.5 Å². The van der Waals surface area contributed by atoms with Crippen LogP contribution in [0.3, 0.4) is 0 Å². The van der Waals surface area contributed by atoms with Gasteiger partial charge in [0.05, 0.1) is 0 Å². The van der Waals surface area contributed by atoms with Gasteiger partial charge in [-0.1, -0.05) is 0 Å². The van der Waals surface area contributed by atoms with E-state index in [1.807, 2.05) is 0 Å². The zero-order chi connectivity index (χ0) is 16.5. The van der Waals surface area contributed by atoms with Crippen LogP contribution in [-0.2, 0) is 14.3 Å². The van der Waals surface area contributed by atoms with E-state index in [4.69, 9.17) is 19.7 Å². The Hall–Kier alpha value is -2.61. The number of carbonyl (C=O) groups is 3. The maximum absolute atomic E-state index is 11.9. The average molecular weight is 311 g/mol. The van der Waals surface area contributed by atoms with Crippen LogP contribution < -0.4 is 10.1 Å². The molecule has 0 fully saturated rings. The highest BCUT2D eigenvalue weighted by atomic mass is 16.5. The second-order valence-electron chi connectivity index (χ2n) is 4.35. The van der Waals surface area contributed by atoms with Gasteiger partial charge in [-0.25, -0.2) is 9.59 Å². The van der Waals surface area contributed by atoms with Gasteiger partial charge in [0.1, 0.15) is 11.8 Å². The lowest BCUT2D eigenvalue weighted by Crippen LogP contribution is -2.41. The van der Waals surface area contributed by atoms with E-state index in [-0.39, 0.29) is 18.6 Å². The molecule has 0 bridgehead atoms. The molecule has 1 rings (SSSR count). The molecule has 0 heterocycles. The smallest absolute Gasteiger partial charge is 0.341 e. The van der Waals surface area contributed by atoms with E-state index in [1.165, 1.54) is 31.4 Å². The van der Waals surface area contributed by atoms with Crippen LogP contribution in [0.4, 0.5) is 0 Å². The zero-order valence-electron chi connectivity index (χ0n) is 11.9. The van der Waals surface area contributed by atoms with Crippen LogP contribution in [0.15, 0.2) is 24.3 Å². The number of ether oxygens (including phenoxy) is 2. The number of nitrogens with one attached hydrogen (secondary N) is 1. The highest BCUT2D eigenvalue weighted by Gasteiger charge is 2.20. The van der Waals surface area contributed by atoms with Crippen molar-refractivity contribution in [1.82, 2.24) is 5.32 Å². The first kappa shape index (κ1) is 17.4. The number of benzene rings is 1. The summed E-state index contributed by atoms with van der Waals surface area (Å²) in [4.78, 5) is 33.3. The van der Waals surface area contributed by atoms with Gasteiger partial charge < -0.3 is 25.0 Å². The molecule has 120 valence electrons. The Kier molecular flexibility index (Phi) is 6.84. The van der Waals surface area contributed by atoms with Crippen molar-refractivity contribution in [2.24, 2.45) is 0 Å². The van der Waals surface area contributed by atoms with E-state index in [9.17, 15) is 14.4 Å². The van der Waals surface area contributed by atoms with Crippen LogP contribution in [0.1, 0.15) is 16.8 Å². The maximum Gasteiger partial charge on any atom is 0.341 e. The topological polar surface area (TPSA) is 122 Å². The molecule has 0 saturated heterocycles. The molecule has 8 heteroatoms. The number of methoxy groups -OCH3 is 1. The quantitative estimate of drug-likeness (QED) is 0.602. The number of aliphatic carboxylic acids is 2. The van der Waals surface area contributed by atoms with E-state index in [0.29, 0.717) is 5.75 Å². The van der Waals surface area contributed by atoms with Crippen molar-refractivity contribution >= 4 is 17.8 Å². The Bertz CT molecular complexity index is 526. The summed E-state index contributed by atoms with van der Waals surface area (Å²) in [5.41, 5.74) is 0.242. The van der Waals surface area contributed by atoms with E-state index >= 15 is 0 Å². The summed E-state index contributed by atoms with van der Waals surface area (Å²) < 4.78 is 9.73. The third kappa shape index (κ3) is 5.80. The number of carboxylic acids is 2. The van der Waals surface area contributed by atoms with Gasteiger partial charge in [-0.05, 0) is 24.3 Å². The van der Waals surface area contributed by atoms with Crippen LogP contribution in [0.25, 0.3) is 0 Å². The summed E-state index contributed by atoms with van der Waals surface area (Å²) in [5.74, 6) is -2.50. The zero-order valence-corrected chi connectivity index (χ0v) is 11.9. The summed E-state index contributed by atoms with van der Waals surface area (Å²) in [6.07, 6.45) is 0.150. The standard InChI is InChI=1S/C14H17NO7/c1-21-7-6-11(14(19)20)15-13(18)9-2-4-10(5-3-9)22-8-12(16)17/h2-5,11H,6-8H2,1H3,(H,15,18)(H,16,17)(H,19,20). The molecular formula is C14H17NO7. The van der Waals surface area contributed by atoms with Gasteiger partial charge in [-0.15, -0.1) is 0 Å². The lowest BCUT2D eigenvalue weighted by Gasteiger charge is -2.14. The molecule has 8 nitrogen and oxygen atoms in total. The molecule has 0 aliphatic heterocycles. The minimum absolute atomic E-state index is 0.150. The van der Waals surface area contributed by atoms with Crippen LogP contribution in [-0.4, -0.2) is 54.4 Å². The maximum atomic E-state index is 11.9. The van der Waals surface area contributed by atoms with E-state index in [0.717, 1.165) is 0 Å². The first-order chi connectivity index (χ1) is 10.4. The van der Waals surface area contributed by atoms with Gasteiger partial charge in [0.2, 0.25) is 0 Å². The summed E-state index contributed by atoms with van der Waals surface area (Å²) in [6, 6.07) is 4.66. The van der Waals surface area contributed by atoms with Gasteiger partial charge >= 0.3 is 11.9 Å². The van der Waals surface area contributed by atoms with Gasteiger partial charge in [-0.2, -0.15) is 0 Å². The van der Waals surface area contributed by atoms with Crippen LogP contribution in [0.5, 0.6) is 5.75 Å². The monoisotopic (exact) mass is 311 g/mol. The van der Waals surface area contributed by atoms with E-state index in [2.05, 4.69) is 5.32 Å². The number of carboxylic acid groups (broad SMARTS) is 2. The molecule has 0 aromatic heterocycles. The molecule has 22 heavy (non-hydrogen) atoms. The Balaban J connectivity index is 2.64. The molecule has 1 amide bonds. The molecule has 1 aromatic carbocycles. The SMILES string of the molecule is COCCC(NC(=O)c1ccc(OCC(=O)O)cc1)C(=O)O. The van der Waals surface area contributed by atoms with Gasteiger partial charge in [0.15, 0.2) is 6.61 Å². The van der Waals surface area contributed by atoms with Crippen LogP contribution >= 0.6 is 0 Å². The molecule has 0 radical (unpaired) electrons. The van der Waals surface area contributed by atoms with Crippen molar-refractivity contribution < 1.29 is 34.1 Å². The molecule has 1 unspecified atom stereocenters. The number of hydrogen-bond donors (Lipinski definition) is 3. The molecule has 0 saturated carbocycles. The summed E-state index contributed by atoms with van der Waals surface area (Å²) >= 11 is 0. The van der Waals surface area contributed by atoms with E-state index in [1.54, 1.807) is 0 Å². The largest absolute Gasteiger partial charge is 0.482 e. The number of hydrogen-bond acceptors (Lipinski definition) is 5.